The van der Waals surface area contributed by atoms with Gasteiger partial charge in [-0.15, -0.1) is 0 Å². The van der Waals surface area contributed by atoms with Crippen LogP contribution in [0.4, 0.5) is 0 Å². The van der Waals surface area contributed by atoms with Crippen molar-refractivity contribution in [2.45, 2.75) is 63.7 Å². The van der Waals surface area contributed by atoms with Gasteiger partial charge in [0, 0.05) is 5.02 Å². The highest BCUT2D eigenvalue weighted by Crippen LogP contribution is 2.34. The van der Waals surface area contributed by atoms with Crippen LogP contribution in [0.3, 0.4) is 0 Å². The highest BCUT2D eigenvalue weighted by atomic mass is 35.5. The molecular formula is C25H37ClNO3P. The summed E-state index contributed by atoms with van der Waals surface area (Å²) in [7, 11) is -3.84. The van der Waals surface area contributed by atoms with Gasteiger partial charge in [0.05, 0.1) is 6.16 Å². The van der Waals surface area contributed by atoms with Crippen LogP contribution in [0.2, 0.25) is 5.02 Å². The van der Waals surface area contributed by atoms with E-state index in [2.05, 4.69) is 53.8 Å². The molecule has 0 aromatic heterocycles. The number of rotatable bonds is 16. The molecule has 0 fully saturated rings. The number of benzene rings is 2. The van der Waals surface area contributed by atoms with Crippen molar-refractivity contribution in [3.63, 3.8) is 0 Å². The highest BCUT2D eigenvalue weighted by Gasteiger charge is 2.13. The van der Waals surface area contributed by atoms with Crippen molar-refractivity contribution < 1.29 is 14.4 Å². The van der Waals surface area contributed by atoms with Gasteiger partial charge in [-0.05, 0) is 68.0 Å². The summed E-state index contributed by atoms with van der Waals surface area (Å²) in [4.78, 5) is 17.6. The second-order valence-electron chi connectivity index (χ2n) is 8.34. The minimum atomic E-state index is -3.84. The summed E-state index contributed by atoms with van der Waals surface area (Å²) in [6, 6.07) is 19.0. The van der Waals surface area contributed by atoms with Gasteiger partial charge in [-0.3, -0.25) is 4.57 Å². The standard InChI is InChI=1S/C25H37ClNO3P/c26-25-16-10-15-24(21-25)23(20-22-12-6-5-7-13-22)14-8-3-1-2-4-9-17-27-18-11-19-31(28,29)30/h5-7,10,12-13,15-16,21,23,27H,1-4,8-9,11,14,17-20H2,(H2,28,29,30). The fraction of sp³-hybridized carbons (Fsp3) is 0.520. The van der Waals surface area contributed by atoms with E-state index in [1.807, 2.05) is 6.07 Å². The second-order valence-corrected chi connectivity index (χ2v) is 10.6. The number of halogens is 1. The average Bonchev–Trinajstić information content (AvgIpc) is 2.73. The van der Waals surface area contributed by atoms with Crippen LogP contribution in [-0.2, 0) is 11.0 Å². The second kappa shape index (κ2) is 14.8. The van der Waals surface area contributed by atoms with Crippen LogP contribution in [0.5, 0.6) is 0 Å². The van der Waals surface area contributed by atoms with Crippen LogP contribution in [0.1, 0.15) is 68.4 Å². The largest absolute Gasteiger partial charge is 0.325 e. The molecule has 2 rings (SSSR count). The van der Waals surface area contributed by atoms with E-state index in [9.17, 15) is 4.57 Å². The van der Waals surface area contributed by atoms with Crippen LogP contribution in [-0.4, -0.2) is 29.0 Å². The van der Waals surface area contributed by atoms with E-state index < -0.39 is 7.60 Å². The highest BCUT2D eigenvalue weighted by molar-refractivity contribution is 7.51. The van der Waals surface area contributed by atoms with E-state index in [1.165, 1.54) is 49.7 Å². The van der Waals surface area contributed by atoms with Gasteiger partial charge in [0.25, 0.3) is 0 Å². The first-order chi connectivity index (χ1) is 14.9. The fourth-order valence-corrected chi connectivity index (χ4v) is 4.70. The lowest BCUT2D eigenvalue weighted by molar-refractivity contribution is 0.371. The zero-order valence-electron chi connectivity index (χ0n) is 18.4. The van der Waals surface area contributed by atoms with E-state index in [4.69, 9.17) is 21.4 Å². The molecule has 0 spiro atoms. The van der Waals surface area contributed by atoms with E-state index >= 15 is 0 Å². The topological polar surface area (TPSA) is 69.6 Å². The molecule has 0 aliphatic rings. The van der Waals surface area contributed by atoms with Gasteiger partial charge in [0.2, 0.25) is 0 Å². The van der Waals surface area contributed by atoms with Gasteiger partial charge in [0.1, 0.15) is 0 Å². The molecule has 172 valence electrons. The van der Waals surface area contributed by atoms with Crippen molar-refractivity contribution in [1.82, 2.24) is 5.32 Å². The molecular weight excluding hydrogens is 429 g/mol. The molecule has 0 heterocycles. The number of hydrogen-bond donors (Lipinski definition) is 3. The Hall–Kier alpha value is -1.16. The molecule has 2 aromatic carbocycles. The first-order valence-corrected chi connectivity index (χ1v) is 13.7. The van der Waals surface area contributed by atoms with Crippen molar-refractivity contribution in [3.8, 4) is 0 Å². The first-order valence-electron chi connectivity index (χ1n) is 11.5. The van der Waals surface area contributed by atoms with Gasteiger partial charge in [-0.2, -0.15) is 0 Å². The van der Waals surface area contributed by atoms with Gasteiger partial charge < -0.3 is 15.1 Å². The normalized spacial score (nSPS) is 12.7. The van der Waals surface area contributed by atoms with Crippen molar-refractivity contribution in [2.75, 3.05) is 19.3 Å². The summed E-state index contributed by atoms with van der Waals surface area (Å²) in [5.74, 6) is 0.499. The number of nitrogens with one attached hydrogen (secondary N) is 1. The lowest BCUT2D eigenvalue weighted by atomic mass is 9.87. The van der Waals surface area contributed by atoms with Crippen molar-refractivity contribution in [2.24, 2.45) is 0 Å². The van der Waals surface area contributed by atoms with Crippen molar-refractivity contribution in [1.29, 1.82) is 0 Å². The predicted molar refractivity (Wildman–Crippen MR) is 131 cm³/mol. The minimum Gasteiger partial charge on any atom is -0.324 e. The monoisotopic (exact) mass is 465 g/mol. The Morgan fingerprint density at radius 2 is 1.52 bits per heavy atom. The average molecular weight is 466 g/mol. The summed E-state index contributed by atoms with van der Waals surface area (Å²) < 4.78 is 10.8. The van der Waals surface area contributed by atoms with E-state index in [-0.39, 0.29) is 6.16 Å². The van der Waals surface area contributed by atoms with Crippen LogP contribution >= 0.6 is 19.2 Å². The minimum absolute atomic E-state index is 0.0273. The van der Waals surface area contributed by atoms with E-state index in [1.54, 1.807) is 0 Å². The maximum absolute atomic E-state index is 10.8. The molecule has 31 heavy (non-hydrogen) atoms. The third-order valence-corrected chi connectivity index (χ3v) is 6.74. The number of unbranched alkanes of at least 4 members (excludes halogenated alkanes) is 5. The SMILES string of the molecule is O=P(O)(O)CCCNCCCCCCCCC(Cc1ccccc1)c1cccc(Cl)c1. The molecule has 4 nitrogen and oxygen atoms in total. The smallest absolute Gasteiger partial charge is 0.324 e. The zero-order chi connectivity index (χ0) is 22.4. The molecule has 2 aromatic rings. The lowest BCUT2D eigenvalue weighted by Gasteiger charge is -2.18. The quantitative estimate of drug-likeness (QED) is 0.194. The first kappa shape index (κ1) is 26.1. The molecule has 0 radical (unpaired) electrons. The maximum atomic E-state index is 10.8. The summed E-state index contributed by atoms with van der Waals surface area (Å²) in [5, 5.41) is 4.08. The lowest BCUT2D eigenvalue weighted by Crippen LogP contribution is -2.17. The Morgan fingerprint density at radius 1 is 0.839 bits per heavy atom. The molecule has 1 atom stereocenters. The van der Waals surface area contributed by atoms with Gasteiger partial charge in [-0.1, -0.05) is 86.2 Å². The molecule has 0 bridgehead atoms. The molecule has 6 heteroatoms. The molecule has 0 saturated carbocycles. The molecule has 0 saturated heterocycles. The van der Waals surface area contributed by atoms with Crippen molar-refractivity contribution >= 4 is 19.2 Å². The molecule has 0 aliphatic heterocycles. The summed E-state index contributed by atoms with van der Waals surface area (Å²) in [6.07, 6.45) is 10.0. The van der Waals surface area contributed by atoms with E-state index in [0.717, 1.165) is 24.4 Å². The van der Waals surface area contributed by atoms with E-state index in [0.29, 0.717) is 18.9 Å². The van der Waals surface area contributed by atoms with Gasteiger partial charge in [-0.25, -0.2) is 0 Å². The third-order valence-electron chi connectivity index (χ3n) is 5.60. The molecule has 0 amide bonds. The Balaban J connectivity index is 1.60. The van der Waals surface area contributed by atoms with Gasteiger partial charge >= 0.3 is 7.60 Å². The van der Waals surface area contributed by atoms with Gasteiger partial charge in [0.15, 0.2) is 0 Å². The van der Waals surface area contributed by atoms with Crippen molar-refractivity contribution in [3.05, 3.63) is 70.7 Å². The zero-order valence-corrected chi connectivity index (χ0v) is 20.0. The summed E-state index contributed by atoms with van der Waals surface area (Å²) >= 11 is 6.24. The Morgan fingerprint density at radius 3 is 2.23 bits per heavy atom. The molecule has 3 N–H and O–H groups in total. The van der Waals surface area contributed by atoms with Crippen LogP contribution in [0, 0.1) is 0 Å². The maximum Gasteiger partial charge on any atom is 0.325 e. The predicted octanol–water partition coefficient (Wildman–Crippen LogP) is 6.55. The Kier molecular flexibility index (Phi) is 12.5. The summed E-state index contributed by atoms with van der Waals surface area (Å²) in [5.41, 5.74) is 2.71. The van der Waals surface area contributed by atoms with Crippen LogP contribution in [0.15, 0.2) is 54.6 Å². The Bertz CT molecular complexity index is 781. The molecule has 0 aliphatic carbocycles. The molecule has 1 unspecified atom stereocenters. The van der Waals surface area contributed by atoms with Crippen LogP contribution < -0.4 is 5.32 Å². The number of hydrogen-bond acceptors (Lipinski definition) is 2. The third kappa shape index (κ3) is 12.5. The Labute approximate surface area is 192 Å². The van der Waals surface area contributed by atoms with Crippen LogP contribution in [0.25, 0.3) is 0 Å². The summed E-state index contributed by atoms with van der Waals surface area (Å²) in [6.45, 7) is 1.60. The fourth-order valence-electron chi connectivity index (χ4n) is 3.93.